The van der Waals surface area contributed by atoms with E-state index in [4.69, 9.17) is 5.73 Å². The molecular weight excluding hydrogens is 184 g/mol. The Balaban J connectivity index is 2.32. The van der Waals surface area contributed by atoms with Gasteiger partial charge in [0.2, 0.25) is 0 Å². The third-order valence-corrected chi connectivity index (χ3v) is 3.68. The number of rotatable bonds is 3. The fraction of sp³-hybridized carbons (Fsp3) is 1.00. The maximum Gasteiger partial charge on any atom is 0.00243 e. The van der Waals surface area contributed by atoms with Crippen LogP contribution < -0.4 is 5.73 Å². The Labute approximate surface area is 95.2 Å². The third-order valence-electron chi connectivity index (χ3n) is 3.68. The second kappa shape index (κ2) is 5.31. The molecule has 1 rings (SSSR count). The Morgan fingerprint density at radius 2 is 2.00 bits per heavy atom. The molecule has 1 fully saturated rings. The van der Waals surface area contributed by atoms with Crippen LogP contribution in [0.25, 0.3) is 0 Å². The summed E-state index contributed by atoms with van der Waals surface area (Å²) in [7, 11) is 0. The van der Waals surface area contributed by atoms with E-state index in [2.05, 4.69) is 32.6 Å². The smallest absolute Gasteiger partial charge is 0.00243 e. The molecule has 0 aromatic heterocycles. The zero-order chi connectivity index (χ0) is 11.5. The minimum Gasteiger partial charge on any atom is -0.330 e. The standard InChI is InChI=1S/C13H28N2/c1-11-5-7-15(10-12(11)9-14)8-6-13(2,3)4/h11-12H,5-10,14H2,1-4H3. The fourth-order valence-corrected chi connectivity index (χ4v) is 2.23. The summed E-state index contributed by atoms with van der Waals surface area (Å²) in [5.41, 5.74) is 6.27. The Morgan fingerprint density at radius 3 is 2.53 bits per heavy atom. The Morgan fingerprint density at radius 1 is 1.33 bits per heavy atom. The molecule has 90 valence electrons. The summed E-state index contributed by atoms with van der Waals surface area (Å²) in [5, 5.41) is 0. The molecule has 0 amide bonds. The number of nitrogens with two attached hydrogens (primary N) is 1. The van der Waals surface area contributed by atoms with Crippen LogP contribution in [0, 0.1) is 17.3 Å². The molecule has 0 bridgehead atoms. The summed E-state index contributed by atoms with van der Waals surface area (Å²) in [6, 6.07) is 0. The van der Waals surface area contributed by atoms with E-state index in [1.165, 1.54) is 32.5 Å². The molecular formula is C13H28N2. The van der Waals surface area contributed by atoms with Crippen molar-refractivity contribution in [1.82, 2.24) is 4.90 Å². The lowest BCUT2D eigenvalue weighted by Gasteiger charge is -2.37. The molecule has 0 spiro atoms. The van der Waals surface area contributed by atoms with Crippen molar-refractivity contribution < 1.29 is 0 Å². The van der Waals surface area contributed by atoms with Crippen LogP contribution in [-0.2, 0) is 0 Å². The average molecular weight is 212 g/mol. The number of piperidine rings is 1. The monoisotopic (exact) mass is 212 g/mol. The summed E-state index contributed by atoms with van der Waals surface area (Å²) in [5.74, 6) is 1.54. The Hall–Kier alpha value is -0.0800. The lowest BCUT2D eigenvalue weighted by molar-refractivity contribution is 0.119. The first kappa shape index (κ1) is 13.0. The molecule has 15 heavy (non-hydrogen) atoms. The van der Waals surface area contributed by atoms with Gasteiger partial charge in [-0.1, -0.05) is 27.7 Å². The molecule has 0 saturated carbocycles. The Bertz CT molecular complexity index is 183. The summed E-state index contributed by atoms with van der Waals surface area (Å²) < 4.78 is 0. The van der Waals surface area contributed by atoms with Gasteiger partial charge in [-0.3, -0.25) is 0 Å². The second-order valence-corrected chi connectivity index (χ2v) is 6.37. The van der Waals surface area contributed by atoms with E-state index in [0.29, 0.717) is 5.41 Å². The summed E-state index contributed by atoms with van der Waals surface area (Å²) in [6.07, 6.45) is 2.62. The molecule has 2 heteroatoms. The maximum absolute atomic E-state index is 5.81. The van der Waals surface area contributed by atoms with Crippen LogP contribution in [0.5, 0.6) is 0 Å². The highest BCUT2D eigenvalue weighted by Crippen LogP contribution is 2.24. The summed E-state index contributed by atoms with van der Waals surface area (Å²) in [4.78, 5) is 2.60. The van der Waals surface area contributed by atoms with Gasteiger partial charge in [0, 0.05) is 6.54 Å². The first-order chi connectivity index (χ1) is 6.92. The molecule has 2 unspecified atom stereocenters. The maximum atomic E-state index is 5.81. The normalized spacial score (nSPS) is 29.4. The van der Waals surface area contributed by atoms with E-state index < -0.39 is 0 Å². The van der Waals surface area contributed by atoms with E-state index in [9.17, 15) is 0 Å². The number of hydrogen-bond acceptors (Lipinski definition) is 2. The molecule has 2 nitrogen and oxygen atoms in total. The largest absolute Gasteiger partial charge is 0.330 e. The van der Waals surface area contributed by atoms with E-state index in [1.807, 2.05) is 0 Å². The molecule has 1 aliphatic rings. The van der Waals surface area contributed by atoms with Crippen molar-refractivity contribution in [1.29, 1.82) is 0 Å². The quantitative estimate of drug-likeness (QED) is 0.778. The summed E-state index contributed by atoms with van der Waals surface area (Å²) in [6.45, 7) is 13.9. The van der Waals surface area contributed by atoms with Crippen LogP contribution in [0.15, 0.2) is 0 Å². The minimum absolute atomic E-state index is 0.460. The van der Waals surface area contributed by atoms with Crippen molar-refractivity contribution in [3.05, 3.63) is 0 Å². The van der Waals surface area contributed by atoms with E-state index >= 15 is 0 Å². The first-order valence-electron chi connectivity index (χ1n) is 6.35. The second-order valence-electron chi connectivity index (χ2n) is 6.37. The van der Waals surface area contributed by atoms with Gasteiger partial charge in [-0.05, 0) is 49.7 Å². The zero-order valence-corrected chi connectivity index (χ0v) is 10.9. The van der Waals surface area contributed by atoms with E-state index in [0.717, 1.165) is 18.4 Å². The van der Waals surface area contributed by atoms with Crippen LogP contribution >= 0.6 is 0 Å². The molecule has 0 aromatic carbocycles. The molecule has 1 heterocycles. The van der Waals surface area contributed by atoms with Gasteiger partial charge in [0.05, 0.1) is 0 Å². The van der Waals surface area contributed by atoms with Gasteiger partial charge in [0.15, 0.2) is 0 Å². The molecule has 0 radical (unpaired) electrons. The number of nitrogens with zero attached hydrogens (tertiary/aromatic N) is 1. The van der Waals surface area contributed by atoms with Crippen molar-refractivity contribution in [3.8, 4) is 0 Å². The predicted molar refractivity (Wildman–Crippen MR) is 66.8 cm³/mol. The number of hydrogen-bond donors (Lipinski definition) is 1. The van der Waals surface area contributed by atoms with Crippen LogP contribution in [-0.4, -0.2) is 31.1 Å². The zero-order valence-electron chi connectivity index (χ0n) is 10.9. The third kappa shape index (κ3) is 4.52. The van der Waals surface area contributed by atoms with Gasteiger partial charge in [-0.15, -0.1) is 0 Å². The van der Waals surface area contributed by atoms with Crippen LogP contribution in [0.3, 0.4) is 0 Å². The minimum atomic E-state index is 0.460. The van der Waals surface area contributed by atoms with Crippen molar-refractivity contribution in [2.24, 2.45) is 23.0 Å². The number of likely N-dealkylation sites (tertiary alicyclic amines) is 1. The molecule has 2 atom stereocenters. The molecule has 0 aliphatic carbocycles. The van der Waals surface area contributed by atoms with Crippen LogP contribution in [0.2, 0.25) is 0 Å². The molecule has 0 aromatic rings. The van der Waals surface area contributed by atoms with E-state index in [-0.39, 0.29) is 0 Å². The lowest BCUT2D eigenvalue weighted by atomic mass is 9.86. The van der Waals surface area contributed by atoms with Crippen molar-refractivity contribution >= 4 is 0 Å². The SMILES string of the molecule is CC1CCN(CCC(C)(C)C)CC1CN. The molecule has 1 aliphatic heterocycles. The van der Waals surface area contributed by atoms with Gasteiger partial charge < -0.3 is 10.6 Å². The molecule has 1 saturated heterocycles. The highest BCUT2D eigenvalue weighted by molar-refractivity contribution is 4.79. The van der Waals surface area contributed by atoms with Crippen molar-refractivity contribution in [3.63, 3.8) is 0 Å². The summed E-state index contributed by atoms with van der Waals surface area (Å²) >= 11 is 0. The highest BCUT2D eigenvalue weighted by atomic mass is 15.1. The highest BCUT2D eigenvalue weighted by Gasteiger charge is 2.25. The Kier molecular flexibility index (Phi) is 4.60. The fourth-order valence-electron chi connectivity index (χ4n) is 2.23. The van der Waals surface area contributed by atoms with Gasteiger partial charge in [0.1, 0.15) is 0 Å². The van der Waals surface area contributed by atoms with Crippen molar-refractivity contribution in [2.45, 2.75) is 40.5 Å². The molecule has 2 N–H and O–H groups in total. The van der Waals surface area contributed by atoms with Crippen molar-refractivity contribution in [2.75, 3.05) is 26.2 Å². The van der Waals surface area contributed by atoms with Crippen LogP contribution in [0.1, 0.15) is 40.5 Å². The van der Waals surface area contributed by atoms with Gasteiger partial charge in [-0.25, -0.2) is 0 Å². The average Bonchev–Trinajstić information content (AvgIpc) is 2.15. The van der Waals surface area contributed by atoms with E-state index in [1.54, 1.807) is 0 Å². The lowest BCUT2D eigenvalue weighted by Crippen LogP contribution is -2.43. The van der Waals surface area contributed by atoms with Gasteiger partial charge in [0.25, 0.3) is 0 Å². The first-order valence-corrected chi connectivity index (χ1v) is 6.35. The van der Waals surface area contributed by atoms with Gasteiger partial charge >= 0.3 is 0 Å². The predicted octanol–water partition coefficient (Wildman–Crippen LogP) is 2.34. The van der Waals surface area contributed by atoms with Gasteiger partial charge in [-0.2, -0.15) is 0 Å². The topological polar surface area (TPSA) is 29.3 Å². The van der Waals surface area contributed by atoms with Crippen LogP contribution in [0.4, 0.5) is 0 Å².